The molecule has 0 unspecified atom stereocenters. The van der Waals surface area contributed by atoms with E-state index in [1.54, 1.807) is 121 Å². The minimum atomic E-state index is -0.372. The van der Waals surface area contributed by atoms with Crippen molar-refractivity contribution in [1.82, 2.24) is 21.7 Å². The third-order valence-electron chi connectivity index (χ3n) is 9.28. The number of Topliss-reactive ketones (excluding diaryl/α,β-unsaturated/α-hetero) is 4. The Morgan fingerprint density at radius 1 is 0.362 bits per heavy atom. The second-order valence-corrected chi connectivity index (χ2v) is 12.9. The van der Waals surface area contributed by atoms with Gasteiger partial charge in [-0.3, -0.25) is 60.9 Å². The number of fused-ring (bicyclic) bond motifs is 14. The topological polar surface area (TPSA) is 184 Å². The fourth-order valence-corrected chi connectivity index (χ4v) is 6.29. The number of allylic oxidation sites excluding steroid dienone is 20. The van der Waals surface area contributed by atoms with Gasteiger partial charge in [-0.2, -0.15) is 0 Å². The third-order valence-corrected chi connectivity index (χ3v) is 9.28. The normalized spacial score (nSPS) is 19.6. The van der Waals surface area contributed by atoms with Gasteiger partial charge in [0.2, 0.25) is 23.5 Å². The number of hydrogen-bond donors (Lipinski definition) is 4. The number of ether oxygens (including phenoxy) is 2. The Kier molecular flexibility index (Phi) is 9.08. The first-order chi connectivity index (χ1) is 28.4. The van der Waals surface area contributed by atoms with Crippen LogP contribution in [0.25, 0.3) is 0 Å². The molecule has 12 bridgehead atoms. The Labute approximate surface area is 329 Å². The number of carbonyl (C=O) groups excluding carboxylic acids is 4. The van der Waals surface area contributed by atoms with E-state index in [4.69, 9.17) is 9.47 Å². The quantitative estimate of drug-likeness (QED) is 0.265. The summed E-state index contributed by atoms with van der Waals surface area (Å²) in [5.74, 6) is -1.06. The number of hydrogen-bond acceptors (Lipinski definition) is 14. The van der Waals surface area contributed by atoms with Crippen LogP contribution in [-0.2, 0) is 28.7 Å². The van der Waals surface area contributed by atoms with E-state index in [1.807, 2.05) is 0 Å². The average Bonchev–Trinajstić information content (AvgIpc) is 3.94. The average molecular weight is 765 g/mol. The predicted molar refractivity (Wildman–Crippen MR) is 217 cm³/mol. The van der Waals surface area contributed by atoms with E-state index < -0.39 is 0 Å². The van der Waals surface area contributed by atoms with E-state index in [-0.39, 0.29) is 91.3 Å². The zero-order valence-electron chi connectivity index (χ0n) is 30.1. The maximum atomic E-state index is 13.7. The molecule has 4 N–H and O–H groups in total. The van der Waals surface area contributed by atoms with Crippen LogP contribution in [0.4, 0.5) is 22.7 Å². The summed E-state index contributed by atoms with van der Waals surface area (Å²) < 4.78 is 12.0. The highest BCUT2D eigenvalue weighted by molar-refractivity contribution is 6.26. The molecule has 4 aliphatic carbocycles. The van der Waals surface area contributed by atoms with Gasteiger partial charge in [-0.25, -0.2) is 0 Å². The summed E-state index contributed by atoms with van der Waals surface area (Å²) in [6.45, 7) is 0. The third kappa shape index (κ3) is 6.73. The van der Waals surface area contributed by atoms with E-state index in [1.165, 1.54) is 24.9 Å². The lowest BCUT2D eigenvalue weighted by Crippen LogP contribution is -2.24. The number of nitrogens with one attached hydrogen (secondary N) is 4. The largest absolute Gasteiger partial charge is 0.420 e. The molecule has 2 aromatic rings. The lowest BCUT2D eigenvalue weighted by molar-refractivity contribution is -0.112. The molecule has 2 saturated heterocycles. The van der Waals surface area contributed by atoms with Crippen molar-refractivity contribution >= 4 is 70.7 Å². The monoisotopic (exact) mass is 764 g/mol. The van der Waals surface area contributed by atoms with Gasteiger partial charge in [0.15, 0.2) is 23.1 Å². The number of ketones is 4. The maximum absolute atomic E-state index is 13.7. The Hall–Kier alpha value is -8.52. The van der Waals surface area contributed by atoms with Gasteiger partial charge in [-0.05, 0) is 72.9 Å². The van der Waals surface area contributed by atoms with Crippen LogP contribution >= 0.6 is 0 Å². The second kappa shape index (κ2) is 15.0. The van der Waals surface area contributed by atoms with Crippen molar-refractivity contribution < 1.29 is 28.7 Å². The highest BCUT2D eigenvalue weighted by atomic mass is 16.5. The van der Waals surface area contributed by atoms with Crippen molar-refractivity contribution in [2.75, 3.05) is 0 Å². The number of aliphatic imine (C=N–C) groups is 4. The van der Waals surface area contributed by atoms with Gasteiger partial charge < -0.3 is 9.47 Å². The highest BCUT2D eigenvalue weighted by Crippen LogP contribution is 2.32. The lowest BCUT2D eigenvalue weighted by atomic mass is 9.99. The van der Waals surface area contributed by atoms with Gasteiger partial charge in [-0.15, -0.1) is 0 Å². The number of para-hydroxylation sites is 4. The lowest BCUT2D eigenvalue weighted by Gasteiger charge is -2.11. The molecule has 0 saturated carbocycles. The minimum Gasteiger partial charge on any atom is -0.420 e. The standard InChI is InChI=1S/C44H28N8O6/c53-37-25-9-5-13-29(37)41-49-51-43(57-41)31-15-7-11-27(39(31)55)23-47-35-19-3-4-20-36(35)48-24-28-12-8-16-32(40(28)56)44-52-50-42(58-44)30-14-6-10-26(38(30)54)22-46-34-18-2-1-17-33(34)45-21-25/h1-24,49-52H. The van der Waals surface area contributed by atoms with Crippen LogP contribution in [0.3, 0.4) is 0 Å². The summed E-state index contributed by atoms with van der Waals surface area (Å²) in [5.41, 5.74) is 15.1. The molecule has 0 spiro atoms. The van der Waals surface area contributed by atoms with Gasteiger partial charge in [-0.1, -0.05) is 48.6 Å². The van der Waals surface area contributed by atoms with Crippen molar-refractivity contribution in [3.63, 3.8) is 0 Å². The second-order valence-electron chi connectivity index (χ2n) is 12.9. The molecule has 58 heavy (non-hydrogen) atoms. The number of rotatable bonds is 0. The van der Waals surface area contributed by atoms with Gasteiger partial charge >= 0.3 is 0 Å². The van der Waals surface area contributed by atoms with E-state index >= 15 is 0 Å². The maximum Gasteiger partial charge on any atom is 0.225 e. The Balaban J connectivity index is 1.09. The van der Waals surface area contributed by atoms with Crippen molar-refractivity contribution in [3.05, 3.63) is 190 Å². The number of hydrazine groups is 2. The Bertz CT molecular complexity index is 2420. The fourth-order valence-electron chi connectivity index (χ4n) is 6.29. The molecule has 7 aliphatic rings. The van der Waals surface area contributed by atoms with Crippen LogP contribution < -0.4 is 21.7 Å². The molecular formula is C44H28N8O6. The molecule has 2 fully saturated rings. The first-order valence-corrected chi connectivity index (χ1v) is 17.8. The summed E-state index contributed by atoms with van der Waals surface area (Å²) in [4.78, 5) is 72.9. The molecule has 14 heteroatoms. The van der Waals surface area contributed by atoms with Crippen LogP contribution in [0.2, 0.25) is 0 Å². The molecule has 3 heterocycles. The van der Waals surface area contributed by atoms with Crippen molar-refractivity contribution in [1.29, 1.82) is 0 Å². The molecule has 0 radical (unpaired) electrons. The summed E-state index contributed by atoms with van der Waals surface area (Å²) in [6.07, 6.45) is 25.3. The van der Waals surface area contributed by atoms with Gasteiger partial charge in [0.05, 0.1) is 45.0 Å². The molecule has 280 valence electrons. The molecule has 2 aromatic carbocycles. The molecule has 0 atom stereocenters. The van der Waals surface area contributed by atoms with Crippen LogP contribution in [0.5, 0.6) is 0 Å². The summed E-state index contributed by atoms with van der Waals surface area (Å²) in [7, 11) is 0. The molecule has 0 aromatic heterocycles. The first kappa shape index (κ1) is 35.2. The smallest absolute Gasteiger partial charge is 0.225 e. The van der Waals surface area contributed by atoms with E-state index in [9.17, 15) is 19.2 Å². The Morgan fingerprint density at radius 2 is 0.603 bits per heavy atom. The summed E-state index contributed by atoms with van der Waals surface area (Å²) in [6, 6.07) is 14.0. The summed E-state index contributed by atoms with van der Waals surface area (Å²) in [5, 5.41) is 0. The molecule has 9 rings (SSSR count). The first-order valence-electron chi connectivity index (χ1n) is 17.8. The van der Waals surface area contributed by atoms with Gasteiger partial charge in [0, 0.05) is 47.2 Å². The molecule has 0 amide bonds. The SMILES string of the molecule is O=C1C2=CC=CC1=C1NNC(=C3C=CC=C(C=Nc4ccccc4N=CC4=CC=CC(=C5NNC(=C6C=CC=C(C=Nc7ccccc7N=C2)C6=O)O5)C4=O)C3=O)O1. The van der Waals surface area contributed by atoms with E-state index in [2.05, 4.69) is 41.7 Å². The van der Waals surface area contributed by atoms with Gasteiger partial charge in [0.25, 0.3) is 0 Å². The van der Waals surface area contributed by atoms with Gasteiger partial charge in [0.1, 0.15) is 0 Å². The molecule has 14 nitrogen and oxygen atoms in total. The van der Waals surface area contributed by atoms with E-state index in [0.29, 0.717) is 22.7 Å². The van der Waals surface area contributed by atoms with E-state index in [0.717, 1.165) is 0 Å². The summed E-state index contributed by atoms with van der Waals surface area (Å²) >= 11 is 0. The fraction of sp³-hybridized carbons (Fsp3) is 0. The Morgan fingerprint density at radius 3 is 0.845 bits per heavy atom. The highest BCUT2D eigenvalue weighted by Gasteiger charge is 2.30. The van der Waals surface area contributed by atoms with Crippen LogP contribution in [0.1, 0.15) is 0 Å². The van der Waals surface area contributed by atoms with Crippen LogP contribution in [0.15, 0.2) is 210 Å². The van der Waals surface area contributed by atoms with Crippen molar-refractivity contribution in [2.45, 2.75) is 0 Å². The molecular weight excluding hydrogens is 737 g/mol. The zero-order chi connectivity index (χ0) is 39.6. The number of nitrogens with zero attached hydrogens (tertiary/aromatic N) is 4. The molecule has 3 aliphatic heterocycles. The van der Waals surface area contributed by atoms with Crippen LogP contribution in [-0.4, -0.2) is 48.0 Å². The minimum absolute atomic E-state index is 0.105. The van der Waals surface area contributed by atoms with Crippen molar-refractivity contribution in [3.8, 4) is 0 Å². The predicted octanol–water partition coefficient (Wildman–Crippen LogP) is 5.57. The number of benzene rings is 2. The number of carbonyl (C=O) groups is 4. The van der Waals surface area contributed by atoms with Crippen LogP contribution in [0, 0.1) is 0 Å². The van der Waals surface area contributed by atoms with Crippen molar-refractivity contribution in [2.24, 2.45) is 20.0 Å². The zero-order valence-corrected chi connectivity index (χ0v) is 30.1.